The summed E-state index contributed by atoms with van der Waals surface area (Å²) < 4.78 is 13.2. The molecule has 0 saturated heterocycles. The molecule has 2 N–H and O–H groups in total. The molecular formula is C11H10Cl2FN3. The summed E-state index contributed by atoms with van der Waals surface area (Å²) in [6.45, 7) is 1.94. The lowest BCUT2D eigenvalue weighted by Gasteiger charge is -2.14. The first-order valence-electron chi connectivity index (χ1n) is 4.98. The van der Waals surface area contributed by atoms with Gasteiger partial charge >= 0.3 is 0 Å². The minimum absolute atomic E-state index is 0.00295. The number of hydrogen-bond acceptors (Lipinski definition) is 2. The molecule has 3 nitrogen and oxygen atoms in total. The molecule has 0 spiro atoms. The Bertz CT molecular complexity index is 490. The average molecular weight is 274 g/mol. The summed E-state index contributed by atoms with van der Waals surface area (Å²) in [5.41, 5.74) is 1.57. The molecule has 6 heteroatoms. The van der Waals surface area contributed by atoms with Crippen LogP contribution in [0, 0.1) is 5.82 Å². The van der Waals surface area contributed by atoms with E-state index in [1.165, 1.54) is 12.1 Å². The van der Waals surface area contributed by atoms with Crippen molar-refractivity contribution in [1.82, 2.24) is 10.2 Å². The first-order valence-corrected chi connectivity index (χ1v) is 5.74. The summed E-state index contributed by atoms with van der Waals surface area (Å²) in [6, 6.07) is 4.84. The summed E-state index contributed by atoms with van der Waals surface area (Å²) in [6.07, 6.45) is 1.66. The van der Waals surface area contributed by atoms with Crippen molar-refractivity contribution in [3.63, 3.8) is 0 Å². The fourth-order valence-corrected chi connectivity index (χ4v) is 1.96. The van der Waals surface area contributed by atoms with Crippen molar-refractivity contribution in [2.24, 2.45) is 0 Å². The maximum absolute atomic E-state index is 13.2. The van der Waals surface area contributed by atoms with Gasteiger partial charge in [0.2, 0.25) is 0 Å². The Morgan fingerprint density at radius 2 is 2.00 bits per heavy atom. The van der Waals surface area contributed by atoms with Gasteiger partial charge in [0.1, 0.15) is 0 Å². The molecular weight excluding hydrogens is 264 g/mol. The number of benzene rings is 1. The number of halogens is 3. The van der Waals surface area contributed by atoms with Crippen LogP contribution < -0.4 is 5.32 Å². The molecule has 1 heterocycles. The van der Waals surface area contributed by atoms with Crippen LogP contribution in [0.5, 0.6) is 0 Å². The number of aromatic nitrogens is 2. The van der Waals surface area contributed by atoms with Crippen molar-refractivity contribution < 1.29 is 4.39 Å². The van der Waals surface area contributed by atoms with Gasteiger partial charge in [-0.1, -0.05) is 23.2 Å². The molecule has 0 radical (unpaired) electrons. The number of anilines is 1. The highest BCUT2D eigenvalue weighted by atomic mass is 35.5. The van der Waals surface area contributed by atoms with Crippen LogP contribution in [-0.4, -0.2) is 10.2 Å². The zero-order chi connectivity index (χ0) is 12.4. The maximum atomic E-state index is 13.2. The molecule has 0 aliphatic carbocycles. The monoisotopic (exact) mass is 273 g/mol. The van der Waals surface area contributed by atoms with Crippen LogP contribution in [0.15, 0.2) is 24.4 Å². The van der Waals surface area contributed by atoms with Crippen LogP contribution in [0.3, 0.4) is 0 Å². The van der Waals surface area contributed by atoms with Gasteiger partial charge in [-0.05, 0) is 25.1 Å². The molecule has 0 bridgehead atoms. The fourth-order valence-electron chi connectivity index (χ4n) is 1.47. The third kappa shape index (κ3) is 2.70. The van der Waals surface area contributed by atoms with E-state index in [1.807, 2.05) is 13.0 Å². The van der Waals surface area contributed by atoms with E-state index in [0.717, 1.165) is 5.69 Å². The van der Waals surface area contributed by atoms with Gasteiger partial charge in [0.05, 0.1) is 21.8 Å². The molecule has 2 rings (SSSR count). The lowest BCUT2D eigenvalue weighted by Crippen LogP contribution is -2.07. The lowest BCUT2D eigenvalue weighted by molar-refractivity contribution is 0.628. The molecule has 17 heavy (non-hydrogen) atoms. The highest BCUT2D eigenvalue weighted by Crippen LogP contribution is 2.29. The van der Waals surface area contributed by atoms with E-state index in [9.17, 15) is 4.39 Å². The van der Waals surface area contributed by atoms with Gasteiger partial charge in [0.15, 0.2) is 5.82 Å². The Morgan fingerprint density at radius 3 is 2.53 bits per heavy atom. The molecule has 1 aromatic heterocycles. The summed E-state index contributed by atoms with van der Waals surface area (Å²) in [7, 11) is 0. The Balaban J connectivity index is 2.19. The number of hydrogen-bond donors (Lipinski definition) is 2. The third-order valence-electron chi connectivity index (χ3n) is 2.36. The summed E-state index contributed by atoms with van der Waals surface area (Å²) in [5, 5.41) is 9.84. The second-order valence-corrected chi connectivity index (χ2v) is 4.45. The van der Waals surface area contributed by atoms with Gasteiger partial charge in [-0.3, -0.25) is 5.10 Å². The minimum Gasteiger partial charge on any atom is -0.377 e. The molecule has 0 aliphatic heterocycles. The first-order chi connectivity index (χ1) is 8.08. The fraction of sp³-hybridized carbons (Fsp3) is 0.182. The molecule has 1 unspecified atom stereocenters. The Labute approximate surface area is 108 Å². The van der Waals surface area contributed by atoms with Crippen molar-refractivity contribution in [2.75, 3.05) is 5.32 Å². The van der Waals surface area contributed by atoms with Gasteiger partial charge in [-0.25, -0.2) is 4.39 Å². The van der Waals surface area contributed by atoms with Crippen LogP contribution in [0.2, 0.25) is 10.0 Å². The molecule has 0 saturated carbocycles. The number of aromatic amines is 1. The van der Waals surface area contributed by atoms with Crippen molar-refractivity contribution in [1.29, 1.82) is 0 Å². The third-order valence-corrected chi connectivity index (χ3v) is 2.91. The minimum atomic E-state index is -0.604. The summed E-state index contributed by atoms with van der Waals surface area (Å²) in [5.74, 6) is -0.604. The van der Waals surface area contributed by atoms with Crippen LogP contribution in [0.1, 0.15) is 18.7 Å². The topological polar surface area (TPSA) is 40.7 Å². The standard InChI is InChI=1S/C11H10Cl2FN3/c1-6(10-2-3-15-17-10)16-7-4-8(12)11(14)9(13)5-7/h2-6,16H,1H3,(H,15,17). The molecule has 1 aromatic carbocycles. The van der Waals surface area contributed by atoms with Gasteiger partial charge in [-0.15, -0.1) is 0 Å². The quantitative estimate of drug-likeness (QED) is 0.829. The Hall–Kier alpha value is -1.26. The molecule has 1 atom stereocenters. The van der Waals surface area contributed by atoms with Crippen molar-refractivity contribution in [3.8, 4) is 0 Å². The Morgan fingerprint density at radius 1 is 1.35 bits per heavy atom. The van der Waals surface area contributed by atoms with E-state index < -0.39 is 5.82 Å². The van der Waals surface area contributed by atoms with Crippen LogP contribution >= 0.6 is 23.2 Å². The Kier molecular flexibility index (Phi) is 3.54. The number of H-pyrrole nitrogens is 1. The zero-order valence-electron chi connectivity index (χ0n) is 8.97. The SMILES string of the molecule is CC(Nc1cc(Cl)c(F)c(Cl)c1)c1ccn[nH]1. The normalized spacial score (nSPS) is 12.5. The number of nitrogens with one attached hydrogen (secondary N) is 2. The van der Waals surface area contributed by atoms with Crippen LogP contribution in [0.25, 0.3) is 0 Å². The van der Waals surface area contributed by atoms with Gasteiger partial charge in [0.25, 0.3) is 0 Å². The van der Waals surface area contributed by atoms with E-state index in [0.29, 0.717) is 5.69 Å². The van der Waals surface area contributed by atoms with Gasteiger partial charge < -0.3 is 5.32 Å². The zero-order valence-corrected chi connectivity index (χ0v) is 10.5. The number of rotatable bonds is 3. The van der Waals surface area contributed by atoms with E-state index >= 15 is 0 Å². The predicted molar refractivity (Wildman–Crippen MR) is 67.0 cm³/mol. The first kappa shape index (κ1) is 12.2. The highest BCUT2D eigenvalue weighted by molar-refractivity contribution is 6.35. The van der Waals surface area contributed by atoms with Crippen LogP contribution in [-0.2, 0) is 0 Å². The van der Waals surface area contributed by atoms with Gasteiger partial charge in [-0.2, -0.15) is 5.10 Å². The smallest absolute Gasteiger partial charge is 0.160 e. The van der Waals surface area contributed by atoms with E-state index in [-0.39, 0.29) is 16.1 Å². The lowest BCUT2D eigenvalue weighted by atomic mass is 10.2. The van der Waals surface area contributed by atoms with Gasteiger partial charge in [0, 0.05) is 11.9 Å². The highest BCUT2D eigenvalue weighted by Gasteiger charge is 2.10. The molecule has 0 aliphatic rings. The second kappa shape index (κ2) is 4.94. The van der Waals surface area contributed by atoms with Crippen molar-refractivity contribution in [3.05, 3.63) is 46.0 Å². The maximum Gasteiger partial charge on any atom is 0.160 e. The number of nitrogens with zero attached hydrogens (tertiary/aromatic N) is 1. The molecule has 90 valence electrons. The molecule has 2 aromatic rings. The largest absolute Gasteiger partial charge is 0.377 e. The second-order valence-electron chi connectivity index (χ2n) is 3.63. The van der Waals surface area contributed by atoms with Crippen molar-refractivity contribution >= 4 is 28.9 Å². The van der Waals surface area contributed by atoms with Crippen molar-refractivity contribution in [2.45, 2.75) is 13.0 Å². The predicted octanol–water partition coefficient (Wildman–Crippen LogP) is 4.03. The average Bonchev–Trinajstić information content (AvgIpc) is 2.79. The van der Waals surface area contributed by atoms with Crippen LogP contribution in [0.4, 0.5) is 10.1 Å². The van der Waals surface area contributed by atoms with E-state index in [4.69, 9.17) is 23.2 Å². The summed E-state index contributed by atoms with van der Waals surface area (Å²) >= 11 is 11.4. The molecule has 0 amide bonds. The molecule has 0 fully saturated rings. The summed E-state index contributed by atoms with van der Waals surface area (Å²) in [4.78, 5) is 0. The van der Waals surface area contributed by atoms with E-state index in [2.05, 4.69) is 15.5 Å². The van der Waals surface area contributed by atoms with E-state index in [1.54, 1.807) is 6.20 Å².